The maximum absolute atomic E-state index is 13.4. The van der Waals surface area contributed by atoms with Gasteiger partial charge in [0, 0.05) is 18.2 Å². The highest BCUT2D eigenvalue weighted by atomic mass is 32.2. The number of phenolic OH excluding ortho intramolecular Hbond substituents is 1. The molecule has 4 N–H and O–H groups in total. The van der Waals surface area contributed by atoms with Gasteiger partial charge in [0.05, 0.1) is 7.11 Å². The number of alkyl carbamates (subject to hydrolysis) is 1. The van der Waals surface area contributed by atoms with Crippen LogP contribution in [0.5, 0.6) is 11.5 Å². The van der Waals surface area contributed by atoms with Gasteiger partial charge in [-0.1, -0.05) is 24.3 Å². The quantitative estimate of drug-likeness (QED) is 0.235. The summed E-state index contributed by atoms with van der Waals surface area (Å²) in [5.41, 5.74) is 0.948. The zero-order valence-corrected chi connectivity index (χ0v) is 22.8. The van der Waals surface area contributed by atoms with Crippen molar-refractivity contribution in [2.24, 2.45) is 0 Å². The van der Waals surface area contributed by atoms with Crippen molar-refractivity contribution in [1.29, 1.82) is 0 Å². The molecule has 4 rings (SSSR count). The van der Waals surface area contributed by atoms with Gasteiger partial charge in [-0.15, -0.1) is 11.8 Å². The van der Waals surface area contributed by atoms with Crippen molar-refractivity contribution in [3.63, 3.8) is 0 Å². The van der Waals surface area contributed by atoms with E-state index >= 15 is 0 Å². The number of nitrogens with zero attached hydrogens (tertiary/aromatic N) is 1. The average molecular weight is 586 g/mol. The molecule has 0 spiro atoms. The smallest absolute Gasteiger partial charge is 0.408 e. The Labute approximate surface area is 238 Å². The summed E-state index contributed by atoms with van der Waals surface area (Å²) in [7, 11) is 1.53. The fourth-order valence-corrected chi connectivity index (χ4v) is 5.54. The lowest BCUT2D eigenvalue weighted by Crippen LogP contribution is -2.71. The number of carbonyl (C=O) groups is 5. The first kappa shape index (κ1) is 29.3. The van der Waals surface area contributed by atoms with Crippen LogP contribution in [0.4, 0.5) is 4.79 Å². The van der Waals surface area contributed by atoms with E-state index in [9.17, 15) is 34.2 Å². The Balaban J connectivity index is 1.46. The van der Waals surface area contributed by atoms with E-state index in [-0.39, 0.29) is 36.0 Å². The number of nitrogens with one attached hydrogen (secondary N) is 2. The van der Waals surface area contributed by atoms with E-state index in [1.54, 1.807) is 24.3 Å². The van der Waals surface area contributed by atoms with Crippen molar-refractivity contribution in [2.75, 3.05) is 19.5 Å². The predicted octanol–water partition coefficient (Wildman–Crippen LogP) is 1.67. The number of aromatic hydroxyl groups is 1. The number of β-lactam (4-membered cyclic amide) rings is 1. The Morgan fingerprint density at radius 2 is 1.73 bits per heavy atom. The number of hydrogen-bond acceptors (Lipinski definition) is 10. The molecule has 216 valence electrons. The Kier molecular flexibility index (Phi) is 9.02. The van der Waals surface area contributed by atoms with Crippen LogP contribution >= 0.6 is 11.8 Å². The van der Waals surface area contributed by atoms with Crippen LogP contribution in [0.1, 0.15) is 24.1 Å². The number of esters is 1. The first-order valence-corrected chi connectivity index (χ1v) is 13.3. The molecule has 1 fully saturated rings. The molecule has 1 unspecified atom stereocenters. The molecule has 2 aromatic rings. The third kappa shape index (κ3) is 6.72. The normalized spacial score (nSPS) is 18.4. The van der Waals surface area contributed by atoms with E-state index in [0.717, 1.165) is 4.90 Å². The first-order valence-electron chi connectivity index (χ1n) is 12.3. The lowest BCUT2D eigenvalue weighted by atomic mass is 10.0. The molecule has 0 saturated carbocycles. The number of fused-ring (bicyclic) bond motifs is 1. The highest BCUT2D eigenvalue weighted by molar-refractivity contribution is 8.00. The van der Waals surface area contributed by atoms with Gasteiger partial charge in [-0.05, 0) is 35.4 Å². The average Bonchev–Trinajstić information content (AvgIpc) is 2.96. The van der Waals surface area contributed by atoms with Crippen LogP contribution in [0.3, 0.4) is 0 Å². The molecule has 0 aromatic heterocycles. The topological polar surface area (TPSA) is 181 Å². The monoisotopic (exact) mass is 585 g/mol. The van der Waals surface area contributed by atoms with E-state index < -0.39 is 47.3 Å². The van der Waals surface area contributed by atoms with Crippen molar-refractivity contribution in [1.82, 2.24) is 15.5 Å². The van der Waals surface area contributed by atoms with Crippen molar-refractivity contribution in [3.05, 3.63) is 70.9 Å². The lowest BCUT2D eigenvalue weighted by Gasteiger charge is -2.49. The molecule has 2 aliphatic rings. The van der Waals surface area contributed by atoms with Crippen LogP contribution in [0.2, 0.25) is 0 Å². The molecule has 2 aliphatic heterocycles. The maximum atomic E-state index is 13.4. The summed E-state index contributed by atoms with van der Waals surface area (Å²) >= 11 is 1.20. The summed E-state index contributed by atoms with van der Waals surface area (Å²) in [4.78, 5) is 63.2. The zero-order valence-electron chi connectivity index (χ0n) is 22.0. The number of aliphatic carboxylic acids is 1. The molecule has 2 heterocycles. The van der Waals surface area contributed by atoms with E-state index in [1.807, 2.05) is 0 Å². The molecule has 0 radical (unpaired) electrons. The third-order valence-corrected chi connectivity index (χ3v) is 7.62. The van der Waals surface area contributed by atoms with Crippen LogP contribution in [0.15, 0.2) is 59.8 Å². The minimum absolute atomic E-state index is 0.0593. The van der Waals surface area contributed by atoms with Gasteiger partial charge in [-0.3, -0.25) is 19.3 Å². The molecule has 13 nitrogen and oxygen atoms in total. The van der Waals surface area contributed by atoms with Crippen molar-refractivity contribution in [2.45, 2.75) is 31.0 Å². The summed E-state index contributed by atoms with van der Waals surface area (Å²) in [5, 5.41) is 23.8. The minimum Gasteiger partial charge on any atom is -0.508 e. The fourth-order valence-electron chi connectivity index (χ4n) is 4.22. The van der Waals surface area contributed by atoms with E-state index in [4.69, 9.17) is 14.2 Å². The number of methoxy groups -OCH3 is 1. The second kappa shape index (κ2) is 12.6. The Hall–Kier alpha value is -4.72. The van der Waals surface area contributed by atoms with Crippen molar-refractivity contribution < 1.29 is 48.4 Å². The highest BCUT2D eigenvalue weighted by Crippen LogP contribution is 2.40. The summed E-state index contributed by atoms with van der Waals surface area (Å²) in [6.45, 7) is 0.824. The van der Waals surface area contributed by atoms with Gasteiger partial charge in [0.2, 0.25) is 5.91 Å². The summed E-state index contributed by atoms with van der Waals surface area (Å²) in [6.07, 6.45) is -0.908. The van der Waals surface area contributed by atoms with Crippen LogP contribution in [-0.2, 0) is 35.3 Å². The van der Waals surface area contributed by atoms with Gasteiger partial charge in [0.25, 0.3) is 5.91 Å². The molecule has 41 heavy (non-hydrogen) atoms. The standard InChI is InChI=1S/C27H27N3O10S/c1-14(31)39-12-17-13-41-25-21(24(34)30(25)22(17)26(35)36)28-23(33)20(16-5-7-18(32)8-6-16)29-27(37)40-11-15-3-9-19(38-2)10-4-15/h3-10,20-21,25,32H,11-13H2,1-2H3,(H,28,33)(H,29,37)(H,35,36)/t20?,21-,25-/m1/s1. The van der Waals surface area contributed by atoms with Crippen molar-refractivity contribution in [3.8, 4) is 11.5 Å². The molecule has 3 amide bonds. The molecule has 0 bridgehead atoms. The maximum Gasteiger partial charge on any atom is 0.408 e. The number of hydrogen-bond donors (Lipinski definition) is 4. The van der Waals surface area contributed by atoms with Gasteiger partial charge in [0.1, 0.15) is 47.9 Å². The fraction of sp³-hybridized carbons (Fsp3) is 0.296. The second-order valence-corrected chi connectivity index (χ2v) is 10.1. The summed E-state index contributed by atoms with van der Waals surface area (Å²) < 4.78 is 15.3. The number of carboxylic acids is 1. The number of carbonyl (C=O) groups excluding carboxylic acids is 4. The van der Waals surface area contributed by atoms with Crippen LogP contribution in [0, 0.1) is 0 Å². The molecule has 2 aromatic carbocycles. The van der Waals surface area contributed by atoms with Gasteiger partial charge in [-0.25, -0.2) is 9.59 Å². The molecule has 0 aliphatic carbocycles. The number of thioether (sulfide) groups is 1. The highest BCUT2D eigenvalue weighted by Gasteiger charge is 2.54. The summed E-state index contributed by atoms with van der Waals surface area (Å²) in [6, 6.07) is 9.99. The zero-order chi connectivity index (χ0) is 29.7. The van der Waals surface area contributed by atoms with Crippen molar-refractivity contribution >= 4 is 41.6 Å². The Morgan fingerprint density at radius 3 is 2.34 bits per heavy atom. The number of benzene rings is 2. The predicted molar refractivity (Wildman–Crippen MR) is 143 cm³/mol. The van der Waals surface area contributed by atoms with Gasteiger partial charge in [0.15, 0.2) is 0 Å². The molecule has 14 heteroatoms. The molecule has 1 saturated heterocycles. The second-order valence-electron chi connectivity index (χ2n) is 9.03. The van der Waals surface area contributed by atoms with Crippen LogP contribution < -0.4 is 15.4 Å². The van der Waals surface area contributed by atoms with Gasteiger partial charge in [-0.2, -0.15) is 0 Å². The van der Waals surface area contributed by atoms with E-state index in [2.05, 4.69) is 10.6 Å². The Morgan fingerprint density at radius 1 is 1.05 bits per heavy atom. The van der Waals surface area contributed by atoms with Crippen LogP contribution in [0.25, 0.3) is 0 Å². The van der Waals surface area contributed by atoms with Crippen LogP contribution in [-0.4, -0.2) is 75.8 Å². The number of amides is 3. The molecular formula is C27H27N3O10S. The largest absolute Gasteiger partial charge is 0.508 e. The number of rotatable bonds is 10. The van der Waals surface area contributed by atoms with E-state index in [1.165, 1.54) is 50.1 Å². The van der Waals surface area contributed by atoms with Gasteiger partial charge < -0.3 is 35.1 Å². The molecular weight excluding hydrogens is 558 g/mol. The van der Waals surface area contributed by atoms with Gasteiger partial charge >= 0.3 is 18.0 Å². The SMILES string of the molecule is COc1ccc(COC(=O)NC(C(=O)N[C@@H]2C(=O)N3C(C(=O)O)=C(COC(C)=O)CS[C@H]23)c2ccc(O)cc2)cc1. The number of carboxylic acid groups (broad SMARTS) is 1. The lowest BCUT2D eigenvalue weighted by molar-refractivity contribution is -0.151. The number of phenols is 1. The Bertz CT molecular complexity index is 1380. The number of ether oxygens (including phenoxy) is 3. The van der Waals surface area contributed by atoms with E-state index in [0.29, 0.717) is 16.9 Å². The minimum atomic E-state index is -1.36. The third-order valence-electron chi connectivity index (χ3n) is 6.28. The molecule has 3 atom stereocenters. The summed E-state index contributed by atoms with van der Waals surface area (Å²) in [5.74, 6) is -2.64. The first-order chi connectivity index (χ1) is 19.6.